The average Bonchev–Trinajstić information content (AvgIpc) is 2.66. The molecule has 27 heavy (non-hydrogen) atoms. The molecule has 0 aliphatic heterocycles. The maximum absolute atomic E-state index is 13.1. The highest BCUT2D eigenvalue weighted by atomic mass is 79.9. The van der Waals surface area contributed by atoms with Crippen molar-refractivity contribution < 1.29 is 14.0 Å². The van der Waals surface area contributed by atoms with Gasteiger partial charge in [-0.3, -0.25) is 9.59 Å². The van der Waals surface area contributed by atoms with Crippen molar-refractivity contribution in [3.05, 3.63) is 69.9 Å². The van der Waals surface area contributed by atoms with Gasteiger partial charge in [-0.15, -0.1) is 0 Å². The fourth-order valence-corrected chi connectivity index (χ4v) is 3.52. The third-order valence-corrected chi connectivity index (χ3v) is 5.38. The number of nitrogens with zero attached hydrogens (tertiary/aromatic N) is 1. The number of likely N-dealkylation sites (N-methyl/N-ethyl adjacent to an activating group) is 1. The number of benzene rings is 2. The van der Waals surface area contributed by atoms with Crippen molar-refractivity contribution in [1.82, 2.24) is 10.2 Å². The molecule has 7 heteroatoms. The van der Waals surface area contributed by atoms with Crippen molar-refractivity contribution in [3.8, 4) is 0 Å². The van der Waals surface area contributed by atoms with Crippen LogP contribution in [0.15, 0.2) is 53.0 Å². The van der Waals surface area contributed by atoms with E-state index in [9.17, 15) is 14.0 Å². The second kappa shape index (κ2) is 10.5. The summed E-state index contributed by atoms with van der Waals surface area (Å²) in [5.41, 5.74) is 1.31. The zero-order valence-corrected chi connectivity index (χ0v) is 17.6. The van der Waals surface area contributed by atoms with E-state index in [2.05, 4.69) is 21.2 Å². The fourth-order valence-electron chi connectivity index (χ4n) is 2.58. The Kier molecular flexibility index (Phi) is 8.31. The van der Waals surface area contributed by atoms with Crippen LogP contribution < -0.4 is 5.32 Å². The molecule has 1 N–H and O–H groups in total. The van der Waals surface area contributed by atoms with E-state index >= 15 is 0 Å². The molecule has 2 aromatic rings. The summed E-state index contributed by atoms with van der Waals surface area (Å²) in [5, 5.41) is 2.85. The molecule has 1 unspecified atom stereocenters. The Morgan fingerprint density at radius 3 is 2.48 bits per heavy atom. The number of carbonyl (C=O) groups excluding carboxylic acids is 2. The largest absolute Gasteiger partial charge is 0.340 e. The van der Waals surface area contributed by atoms with E-state index in [4.69, 9.17) is 0 Å². The first-order valence-electron chi connectivity index (χ1n) is 8.46. The Bertz CT molecular complexity index is 786. The van der Waals surface area contributed by atoms with Crippen molar-refractivity contribution in [1.29, 1.82) is 0 Å². The summed E-state index contributed by atoms with van der Waals surface area (Å²) in [6, 6.07) is 12.5. The first-order valence-corrected chi connectivity index (χ1v) is 10.6. The van der Waals surface area contributed by atoms with Crippen LogP contribution in [0.5, 0.6) is 0 Å². The van der Waals surface area contributed by atoms with Crippen LogP contribution in [-0.2, 0) is 11.3 Å². The van der Waals surface area contributed by atoms with Gasteiger partial charge in [-0.2, -0.15) is 11.8 Å². The van der Waals surface area contributed by atoms with E-state index < -0.39 is 6.04 Å². The number of hydrogen-bond acceptors (Lipinski definition) is 3. The second-order valence-electron chi connectivity index (χ2n) is 6.11. The van der Waals surface area contributed by atoms with Gasteiger partial charge in [0.05, 0.1) is 5.56 Å². The number of carbonyl (C=O) groups is 2. The van der Waals surface area contributed by atoms with E-state index in [1.54, 1.807) is 54.0 Å². The molecule has 2 amide bonds. The lowest BCUT2D eigenvalue weighted by atomic mass is 10.1. The van der Waals surface area contributed by atoms with Crippen molar-refractivity contribution >= 4 is 39.5 Å². The summed E-state index contributed by atoms with van der Waals surface area (Å²) in [5.74, 6) is -0.0333. The van der Waals surface area contributed by atoms with Crippen molar-refractivity contribution in [2.24, 2.45) is 0 Å². The van der Waals surface area contributed by atoms with E-state index in [0.717, 1.165) is 11.3 Å². The molecule has 0 saturated heterocycles. The zero-order chi connectivity index (χ0) is 19.8. The molecule has 0 heterocycles. The van der Waals surface area contributed by atoms with Crippen molar-refractivity contribution in [2.75, 3.05) is 19.1 Å². The van der Waals surface area contributed by atoms with Crippen LogP contribution in [0.25, 0.3) is 0 Å². The van der Waals surface area contributed by atoms with Crippen LogP contribution in [0.3, 0.4) is 0 Å². The number of hydrogen-bond donors (Lipinski definition) is 1. The lowest BCUT2D eigenvalue weighted by Crippen LogP contribution is -2.47. The fraction of sp³-hybridized carbons (Fsp3) is 0.300. The summed E-state index contributed by atoms with van der Waals surface area (Å²) in [6.45, 7) is 0.347. The van der Waals surface area contributed by atoms with E-state index in [1.807, 2.05) is 12.3 Å². The predicted molar refractivity (Wildman–Crippen MR) is 111 cm³/mol. The quantitative estimate of drug-likeness (QED) is 0.655. The lowest BCUT2D eigenvalue weighted by Gasteiger charge is -2.25. The standard InChI is InChI=1S/C20H22BrFN2O2S/c1-24(13-14-7-9-15(22)10-8-14)20(26)18(11-12-27-2)23-19(25)16-5-3-4-6-17(16)21/h3-10,18H,11-13H2,1-2H3,(H,23,25). The summed E-state index contributed by atoms with van der Waals surface area (Å²) in [6.07, 6.45) is 2.49. The first kappa shape index (κ1) is 21.4. The van der Waals surface area contributed by atoms with Crippen molar-refractivity contribution in [2.45, 2.75) is 19.0 Å². The normalized spacial score (nSPS) is 11.7. The first-order chi connectivity index (χ1) is 12.9. The van der Waals surface area contributed by atoms with Gasteiger partial charge in [0.15, 0.2) is 0 Å². The van der Waals surface area contributed by atoms with E-state index in [1.165, 1.54) is 12.1 Å². The molecule has 2 rings (SSSR count). The maximum Gasteiger partial charge on any atom is 0.253 e. The topological polar surface area (TPSA) is 49.4 Å². The molecule has 0 saturated carbocycles. The molecule has 0 radical (unpaired) electrons. The number of rotatable bonds is 8. The minimum atomic E-state index is -0.623. The van der Waals surface area contributed by atoms with E-state index in [-0.39, 0.29) is 17.6 Å². The van der Waals surface area contributed by atoms with Gasteiger partial charge in [0.1, 0.15) is 11.9 Å². The summed E-state index contributed by atoms with van der Waals surface area (Å²) in [7, 11) is 1.68. The number of thioether (sulfide) groups is 1. The minimum Gasteiger partial charge on any atom is -0.340 e. The van der Waals surface area contributed by atoms with Gasteiger partial charge in [0, 0.05) is 18.1 Å². The van der Waals surface area contributed by atoms with Gasteiger partial charge in [0.2, 0.25) is 5.91 Å². The molecule has 1 atom stereocenters. The summed E-state index contributed by atoms with van der Waals surface area (Å²) >= 11 is 4.98. The Morgan fingerprint density at radius 2 is 1.85 bits per heavy atom. The predicted octanol–water partition coefficient (Wildman–Crippen LogP) is 4.10. The molecular formula is C20H22BrFN2O2S. The highest BCUT2D eigenvalue weighted by Gasteiger charge is 2.25. The third kappa shape index (κ3) is 6.36. The molecule has 0 bridgehead atoms. The van der Waals surface area contributed by atoms with Crippen LogP contribution in [0, 0.1) is 5.82 Å². The van der Waals surface area contributed by atoms with Crippen LogP contribution in [0.2, 0.25) is 0 Å². The van der Waals surface area contributed by atoms with Crippen LogP contribution in [-0.4, -0.2) is 41.8 Å². The minimum absolute atomic E-state index is 0.172. The second-order valence-corrected chi connectivity index (χ2v) is 7.95. The average molecular weight is 453 g/mol. The molecule has 144 valence electrons. The van der Waals surface area contributed by atoms with Gasteiger partial charge in [0.25, 0.3) is 5.91 Å². The molecular weight excluding hydrogens is 431 g/mol. The van der Waals surface area contributed by atoms with E-state index in [0.29, 0.717) is 23.0 Å². The monoisotopic (exact) mass is 452 g/mol. The number of halogens is 2. The summed E-state index contributed by atoms with van der Waals surface area (Å²) < 4.78 is 13.7. The molecule has 0 spiro atoms. The molecule has 0 aliphatic carbocycles. The molecule has 0 fully saturated rings. The molecule has 0 aromatic heterocycles. The third-order valence-electron chi connectivity index (χ3n) is 4.04. The van der Waals surface area contributed by atoms with Gasteiger partial charge in [-0.25, -0.2) is 4.39 Å². The zero-order valence-electron chi connectivity index (χ0n) is 15.2. The highest BCUT2D eigenvalue weighted by Crippen LogP contribution is 2.16. The van der Waals surface area contributed by atoms with Crippen LogP contribution in [0.1, 0.15) is 22.3 Å². The maximum atomic E-state index is 13.1. The number of amides is 2. The van der Waals surface area contributed by atoms with Gasteiger partial charge < -0.3 is 10.2 Å². The van der Waals surface area contributed by atoms with Crippen molar-refractivity contribution in [3.63, 3.8) is 0 Å². The van der Waals surface area contributed by atoms with Crippen LogP contribution in [0.4, 0.5) is 4.39 Å². The Morgan fingerprint density at radius 1 is 1.19 bits per heavy atom. The van der Waals surface area contributed by atoms with Gasteiger partial charge >= 0.3 is 0 Å². The molecule has 0 aliphatic rings. The lowest BCUT2D eigenvalue weighted by molar-refractivity contribution is -0.132. The van der Waals surface area contributed by atoms with Gasteiger partial charge in [-0.05, 0) is 64.2 Å². The Labute approximate surface area is 171 Å². The smallest absolute Gasteiger partial charge is 0.253 e. The van der Waals surface area contributed by atoms with Gasteiger partial charge in [-0.1, -0.05) is 24.3 Å². The SMILES string of the molecule is CSCCC(NC(=O)c1ccccc1Br)C(=O)N(C)Cc1ccc(F)cc1. The molecule has 2 aromatic carbocycles. The molecule has 4 nitrogen and oxygen atoms in total. The Hall–Kier alpha value is -1.86. The Balaban J connectivity index is 2.09. The number of nitrogens with one attached hydrogen (secondary N) is 1. The summed E-state index contributed by atoms with van der Waals surface area (Å²) in [4.78, 5) is 27.0. The van der Waals surface area contributed by atoms with Crippen LogP contribution >= 0.6 is 27.7 Å². The highest BCUT2D eigenvalue weighted by molar-refractivity contribution is 9.10.